The topological polar surface area (TPSA) is 86.6 Å². The molecule has 3 fully saturated rings. The number of benzene rings is 2. The van der Waals surface area contributed by atoms with Gasteiger partial charge in [-0.3, -0.25) is 0 Å². The molecule has 2 aromatic carbocycles. The van der Waals surface area contributed by atoms with Crippen LogP contribution in [0, 0.1) is 0 Å². The Morgan fingerprint density at radius 2 is 1.89 bits per heavy atom. The van der Waals surface area contributed by atoms with Crippen LogP contribution in [0.5, 0.6) is 11.8 Å². The zero-order valence-electron chi connectivity index (χ0n) is 21.4. The number of anilines is 1. The van der Waals surface area contributed by atoms with Crippen molar-refractivity contribution in [2.45, 2.75) is 43.8 Å². The Morgan fingerprint density at radius 3 is 2.68 bits per heavy atom. The molecule has 0 radical (unpaired) electrons. The van der Waals surface area contributed by atoms with Gasteiger partial charge in [0.2, 0.25) is 0 Å². The Kier molecular flexibility index (Phi) is 5.98. The number of nitrogens with zero attached hydrogens (tertiary/aromatic N) is 5. The van der Waals surface area contributed by atoms with Gasteiger partial charge in [-0.25, -0.2) is 4.98 Å². The van der Waals surface area contributed by atoms with Crippen molar-refractivity contribution in [1.82, 2.24) is 25.2 Å². The van der Waals surface area contributed by atoms with Gasteiger partial charge in [-0.2, -0.15) is 9.97 Å². The van der Waals surface area contributed by atoms with Gasteiger partial charge in [0.15, 0.2) is 5.65 Å². The summed E-state index contributed by atoms with van der Waals surface area (Å²) in [6.45, 7) is 3.46. The van der Waals surface area contributed by atoms with Gasteiger partial charge in [0.25, 0.3) is 0 Å². The minimum absolute atomic E-state index is 0.168. The van der Waals surface area contributed by atoms with Crippen LogP contribution in [0.4, 0.5) is 5.82 Å². The van der Waals surface area contributed by atoms with Crippen LogP contribution in [0.1, 0.15) is 25.7 Å². The van der Waals surface area contributed by atoms with Crippen molar-refractivity contribution in [3.8, 4) is 23.0 Å². The lowest BCUT2D eigenvalue weighted by Gasteiger charge is -2.34. The quantitative estimate of drug-likeness (QED) is 0.386. The molecular formula is C29H31ClN6O2. The maximum absolute atomic E-state index is 10.5. The standard InChI is InChI=1S/C29H31ClN6O2/c1-35-11-3-5-20(35)16-38-29-33-27-22(28(34-29)36-14-18-7-8-19(15-36)31-18)9-10-25(32-27)23-13-21(37)12-17-4-2-6-24(30)26(17)23/h2,4,6,9-10,12-13,18-20,31,37H,3,5,7-8,11,14-16H2,1H3. The highest BCUT2D eigenvalue weighted by Crippen LogP contribution is 2.38. The number of nitrogens with one attached hydrogen (secondary N) is 1. The summed E-state index contributed by atoms with van der Waals surface area (Å²) >= 11 is 6.61. The molecule has 8 nitrogen and oxygen atoms in total. The van der Waals surface area contributed by atoms with Gasteiger partial charge >= 0.3 is 6.01 Å². The fraction of sp³-hybridized carbons (Fsp3) is 0.414. The van der Waals surface area contributed by atoms with E-state index < -0.39 is 0 Å². The summed E-state index contributed by atoms with van der Waals surface area (Å²) < 4.78 is 6.22. The maximum Gasteiger partial charge on any atom is 0.320 e. The predicted molar refractivity (Wildman–Crippen MR) is 150 cm³/mol. The first-order chi connectivity index (χ1) is 18.5. The van der Waals surface area contributed by atoms with E-state index in [9.17, 15) is 5.11 Å². The van der Waals surface area contributed by atoms with E-state index in [0.29, 0.717) is 47.1 Å². The number of rotatable bonds is 5. The lowest BCUT2D eigenvalue weighted by Crippen LogP contribution is -2.51. The van der Waals surface area contributed by atoms with E-state index in [4.69, 9.17) is 31.3 Å². The van der Waals surface area contributed by atoms with Crippen molar-refractivity contribution in [1.29, 1.82) is 0 Å². The molecule has 5 heterocycles. The highest BCUT2D eigenvalue weighted by molar-refractivity contribution is 6.36. The molecule has 2 bridgehead atoms. The van der Waals surface area contributed by atoms with E-state index >= 15 is 0 Å². The number of phenolic OH excluding ortho intramolecular Hbond substituents is 1. The van der Waals surface area contributed by atoms with Gasteiger partial charge in [0.05, 0.1) is 11.1 Å². The fourth-order valence-electron chi connectivity index (χ4n) is 6.33. The molecule has 196 valence electrons. The van der Waals surface area contributed by atoms with Gasteiger partial charge in [0.1, 0.15) is 18.2 Å². The summed E-state index contributed by atoms with van der Waals surface area (Å²) in [5, 5.41) is 17.4. The summed E-state index contributed by atoms with van der Waals surface area (Å²) in [7, 11) is 2.14. The van der Waals surface area contributed by atoms with Crippen molar-refractivity contribution in [2.75, 3.05) is 38.2 Å². The second kappa shape index (κ2) is 9.52. The maximum atomic E-state index is 10.5. The first-order valence-corrected chi connectivity index (χ1v) is 13.8. The molecule has 3 unspecified atom stereocenters. The Morgan fingerprint density at radius 1 is 1.05 bits per heavy atom. The Balaban J connectivity index is 1.33. The highest BCUT2D eigenvalue weighted by atomic mass is 35.5. The van der Waals surface area contributed by atoms with E-state index in [1.807, 2.05) is 30.3 Å². The van der Waals surface area contributed by atoms with Crippen LogP contribution in [0.3, 0.4) is 0 Å². The molecule has 0 amide bonds. The second-order valence-electron chi connectivity index (χ2n) is 10.9. The van der Waals surface area contributed by atoms with Gasteiger partial charge in [-0.1, -0.05) is 23.7 Å². The summed E-state index contributed by atoms with van der Waals surface area (Å²) in [5.74, 6) is 1.04. The van der Waals surface area contributed by atoms with Crippen LogP contribution in [-0.4, -0.2) is 76.4 Å². The van der Waals surface area contributed by atoms with E-state index in [0.717, 1.165) is 53.6 Å². The average molecular weight is 531 g/mol. The number of piperazine rings is 1. The highest BCUT2D eigenvalue weighted by Gasteiger charge is 2.34. The van der Waals surface area contributed by atoms with E-state index in [2.05, 4.69) is 22.2 Å². The summed E-state index contributed by atoms with van der Waals surface area (Å²) in [5.41, 5.74) is 2.04. The van der Waals surface area contributed by atoms with E-state index in [-0.39, 0.29) is 5.75 Å². The van der Waals surface area contributed by atoms with Crippen molar-refractivity contribution in [3.05, 3.63) is 47.5 Å². The third-order valence-corrected chi connectivity index (χ3v) is 8.61. The van der Waals surface area contributed by atoms with Gasteiger partial charge in [0, 0.05) is 47.2 Å². The number of likely N-dealkylation sites (N-methyl/N-ethyl adjacent to an activating group) is 1. The number of aromatic nitrogens is 3. The molecule has 9 heteroatoms. The van der Waals surface area contributed by atoms with Crippen molar-refractivity contribution >= 4 is 39.2 Å². The van der Waals surface area contributed by atoms with E-state index in [1.54, 1.807) is 12.1 Å². The summed E-state index contributed by atoms with van der Waals surface area (Å²) in [6, 6.07) is 14.8. The molecule has 2 aromatic heterocycles. The number of likely N-dealkylation sites (tertiary alicyclic amines) is 1. The van der Waals surface area contributed by atoms with Crippen molar-refractivity contribution in [3.63, 3.8) is 0 Å². The normalized spacial score (nSPS) is 23.5. The molecule has 3 saturated heterocycles. The van der Waals surface area contributed by atoms with Crippen LogP contribution in [0.15, 0.2) is 42.5 Å². The van der Waals surface area contributed by atoms with Gasteiger partial charge < -0.3 is 25.0 Å². The minimum Gasteiger partial charge on any atom is -0.508 e. The molecule has 0 spiro atoms. The zero-order chi connectivity index (χ0) is 25.8. The Labute approximate surface area is 226 Å². The Bertz CT molecular complexity index is 1520. The number of pyridine rings is 1. The number of ether oxygens (including phenoxy) is 1. The number of fused-ring (bicyclic) bond motifs is 4. The average Bonchev–Trinajstić information content (AvgIpc) is 3.49. The fourth-order valence-corrected chi connectivity index (χ4v) is 6.61. The molecule has 7 rings (SSSR count). The number of hydrogen-bond acceptors (Lipinski definition) is 8. The number of phenols is 1. The zero-order valence-corrected chi connectivity index (χ0v) is 22.2. The number of halogens is 1. The van der Waals surface area contributed by atoms with Crippen LogP contribution >= 0.6 is 11.6 Å². The van der Waals surface area contributed by atoms with Crippen LogP contribution in [-0.2, 0) is 0 Å². The van der Waals surface area contributed by atoms with E-state index in [1.165, 1.54) is 19.3 Å². The summed E-state index contributed by atoms with van der Waals surface area (Å²) in [6.07, 6.45) is 4.68. The molecule has 0 saturated carbocycles. The van der Waals surface area contributed by atoms with Crippen molar-refractivity contribution < 1.29 is 9.84 Å². The summed E-state index contributed by atoms with van der Waals surface area (Å²) in [4.78, 5) is 19.4. The lowest BCUT2D eigenvalue weighted by molar-refractivity contribution is 0.188. The predicted octanol–water partition coefficient (Wildman–Crippen LogP) is 4.62. The molecule has 2 N–H and O–H groups in total. The third-order valence-electron chi connectivity index (χ3n) is 8.30. The molecule has 0 aliphatic carbocycles. The first-order valence-electron chi connectivity index (χ1n) is 13.5. The first kappa shape index (κ1) is 23.9. The lowest BCUT2D eigenvalue weighted by atomic mass is 10.0. The third kappa shape index (κ3) is 4.30. The molecule has 3 aliphatic rings. The SMILES string of the molecule is CN1CCCC1COc1nc(N2CC3CCC(C2)N3)c2ccc(-c3cc(O)cc4cccc(Cl)c34)nc2n1. The number of aromatic hydroxyl groups is 1. The molecule has 3 aliphatic heterocycles. The smallest absolute Gasteiger partial charge is 0.320 e. The second-order valence-corrected chi connectivity index (χ2v) is 11.3. The van der Waals surface area contributed by atoms with Crippen LogP contribution in [0.2, 0.25) is 5.02 Å². The molecular weight excluding hydrogens is 500 g/mol. The largest absolute Gasteiger partial charge is 0.508 e. The molecule has 3 atom stereocenters. The molecule has 38 heavy (non-hydrogen) atoms. The number of hydrogen-bond donors (Lipinski definition) is 2. The van der Waals surface area contributed by atoms with Crippen LogP contribution < -0.4 is 15.0 Å². The van der Waals surface area contributed by atoms with Crippen LogP contribution in [0.25, 0.3) is 33.1 Å². The monoisotopic (exact) mass is 530 g/mol. The molecule has 4 aromatic rings. The van der Waals surface area contributed by atoms with Gasteiger partial charge in [-0.15, -0.1) is 0 Å². The van der Waals surface area contributed by atoms with Crippen molar-refractivity contribution in [2.24, 2.45) is 0 Å². The minimum atomic E-state index is 0.168. The van der Waals surface area contributed by atoms with Gasteiger partial charge in [-0.05, 0) is 75.0 Å². The Hall–Kier alpha value is -3.20.